The molecular weight excluding hydrogens is 389 g/mol. The Bertz CT molecular complexity index is 968. The number of amides is 1. The lowest BCUT2D eigenvalue weighted by molar-refractivity contribution is -0.140. The average Bonchev–Trinajstić information content (AvgIpc) is 2.98. The molecule has 6 nitrogen and oxygen atoms in total. The molecule has 3 rings (SSSR count). The number of carbonyl (C=O) groups excluding carboxylic acids is 2. The Morgan fingerprint density at radius 1 is 1.17 bits per heavy atom. The fourth-order valence-electron chi connectivity index (χ4n) is 3.42. The van der Waals surface area contributed by atoms with Crippen LogP contribution in [0.5, 0.6) is 5.75 Å². The average molecular weight is 413 g/mol. The number of Topliss-reactive ketones (excluding diaryl/α,β-unsaturated/α-hetero) is 1. The molecule has 7 heteroatoms. The zero-order valence-electron chi connectivity index (χ0n) is 17.1. The molecule has 0 radical (unpaired) electrons. The van der Waals surface area contributed by atoms with Gasteiger partial charge >= 0.3 is 0 Å². The SMILES string of the molecule is COc1cccc(C2/C(=C(/O)c3ccc(F)cc3)C(=O)C(=O)N2CCOC(C)C)c1. The summed E-state index contributed by atoms with van der Waals surface area (Å²) in [5.41, 5.74) is 0.812. The predicted molar refractivity (Wildman–Crippen MR) is 109 cm³/mol. The van der Waals surface area contributed by atoms with Crippen molar-refractivity contribution in [1.82, 2.24) is 4.90 Å². The molecule has 0 aromatic heterocycles. The molecule has 1 saturated heterocycles. The van der Waals surface area contributed by atoms with Crippen LogP contribution in [0.2, 0.25) is 0 Å². The van der Waals surface area contributed by atoms with Crippen LogP contribution in [0.25, 0.3) is 5.76 Å². The van der Waals surface area contributed by atoms with E-state index in [1.807, 2.05) is 13.8 Å². The predicted octanol–water partition coefficient (Wildman–Crippen LogP) is 3.68. The fraction of sp³-hybridized carbons (Fsp3) is 0.304. The van der Waals surface area contributed by atoms with Gasteiger partial charge in [0.05, 0.1) is 31.4 Å². The van der Waals surface area contributed by atoms with Gasteiger partial charge in [0.2, 0.25) is 0 Å². The molecule has 1 aliphatic rings. The van der Waals surface area contributed by atoms with Crippen LogP contribution in [0, 0.1) is 5.82 Å². The Morgan fingerprint density at radius 2 is 1.87 bits per heavy atom. The first-order valence-corrected chi connectivity index (χ1v) is 9.63. The van der Waals surface area contributed by atoms with Gasteiger partial charge in [-0.25, -0.2) is 4.39 Å². The summed E-state index contributed by atoms with van der Waals surface area (Å²) in [7, 11) is 1.52. The summed E-state index contributed by atoms with van der Waals surface area (Å²) in [6.45, 7) is 4.16. The van der Waals surface area contributed by atoms with Crippen molar-refractivity contribution in [2.24, 2.45) is 0 Å². The number of ether oxygens (including phenoxy) is 2. The molecule has 1 N–H and O–H groups in total. The van der Waals surface area contributed by atoms with E-state index in [9.17, 15) is 19.1 Å². The Hall–Kier alpha value is -3.19. The summed E-state index contributed by atoms with van der Waals surface area (Å²) >= 11 is 0. The van der Waals surface area contributed by atoms with Gasteiger partial charge in [-0.15, -0.1) is 0 Å². The molecule has 0 saturated carbocycles. The molecule has 30 heavy (non-hydrogen) atoms. The maximum absolute atomic E-state index is 13.3. The van der Waals surface area contributed by atoms with Crippen molar-refractivity contribution in [3.8, 4) is 5.75 Å². The van der Waals surface area contributed by atoms with Gasteiger partial charge in [0, 0.05) is 12.1 Å². The first-order chi connectivity index (χ1) is 14.3. The minimum absolute atomic E-state index is 0.0312. The number of hydrogen-bond donors (Lipinski definition) is 1. The quantitative estimate of drug-likeness (QED) is 0.426. The number of hydrogen-bond acceptors (Lipinski definition) is 5. The molecule has 1 fully saturated rings. The van der Waals surface area contributed by atoms with Crippen molar-refractivity contribution in [3.63, 3.8) is 0 Å². The van der Waals surface area contributed by atoms with E-state index in [-0.39, 0.29) is 36.2 Å². The molecule has 1 atom stereocenters. The highest BCUT2D eigenvalue weighted by Crippen LogP contribution is 2.40. The maximum Gasteiger partial charge on any atom is 0.295 e. The number of ketones is 1. The highest BCUT2D eigenvalue weighted by Gasteiger charge is 2.46. The van der Waals surface area contributed by atoms with E-state index < -0.39 is 23.5 Å². The van der Waals surface area contributed by atoms with E-state index in [1.165, 1.54) is 36.3 Å². The number of aliphatic hydroxyl groups excluding tert-OH is 1. The Balaban J connectivity index is 2.10. The van der Waals surface area contributed by atoms with Gasteiger partial charge in [-0.3, -0.25) is 9.59 Å². The Morgan fingerprint density at radius 3 is 2.50 bits per heavy atom. The molecule has 2 aromatic carbocycles. The van der Waals surface area contributed by atoms with E-state index in [4.69, 9.17) is 9.47 Å². The second kappa shape index (κ2) is 9.09. The van der Waals surface area contributed by atoms with Gasteiger partial charge in [0.25, 0.3) is 11.7 Å². The standard InChI is InChI=1S/C23H24FNO5/c1-14(2)30-12-11-25-20(16-5-4-6-18(13-16)29-3)19(22(27)23(25)28)21(26)15-7-9-17(24)10-8-15/h4-10,13-14,20,26H,11-12H2,1-3H3/b21-19-. The van der Waals surface area contributed by atoms with Crippen LogP contribution in [0.15, 0.2) is 54.1 Å². The summed E-state index contributed by atoms with van der Waals surface area (Å²) in [4.78, 5) is 27.1. The highest BCUT2D eigenvalue weighted by molar-refractivity contribution is 6.46. The second-order valence-corrected chi connectivity index (χ2v) is 7.20. The van der Waals surface area contributed by atoms with Crippen molar-refractivity contribution in [2.75, 3.05) is 20.3 Å². The molecule has 2 aromatic rings. The smallest absolute Gasteiger partial charge is 0.295 e. The molecule has 0 aliphatic carbocycles. The molecule has 158 valence electrons. The lowest BCUT2D eigenvalue weighted by Gasteiger charge is -2.26. The number of methoxy groups -OCH3 is 1. The van der Waals surface area contributed by atoms with Gasteiger partial charge in [-0.1, -0.05) is 12.1 Å². The van der Waals surface area contributed by atoms with Crippen molar-refractivity contribution in [3.05, 3.63) is 71.0 Å². The van der Waals surface area contributed by atoms with Crippen molar-refractivity contribution >= 4 is 17.4 Å². The van der Waals surface area contributed by atoms with Crippen molar-refractivity contribution in [1.29, 1.82) is 0 Å². The van der Waals surface area contributed by atoms with Gasteiger partial charge in [0.1, 0.15) is 17.3 Å². The molecule has 0 bridgehead atoms. The van der Waals surface area contributed by atoms with E-state index in [1.54, 1.807) is 24.3 Å². The second-order valence-electron chi connectivity index (χ2n) is 7.20. The molecule has 1 heterocycles. The number of rotatable bonds is 7. The third-order valence-electron chi connectivity index (χ3n) is 4.85. The van der Waals surface area contributed by atoms with Crippen molar-refractivity contribution in [2.45, 2.75) is 26.0 Å². The van der Waals surface area contributed by atoms with Gasteiger partial charge in [-0.05, 0) is 55.8 Å². The van der Waals surface area contributed by atoms with Crippen LogP contribution in [0.3, 0.4) is 0 Å². The first-order valence-electron chi connectivity index (χ1n) is 9.63. The Kier molecular flexibility index (Phi) is 6.52. The number of carbonyl (C=O) groups is 2. The number of likely N-dealkylation sites (tertiary alicyclic amines) is 1. The van der Waals surface area contributed by atoms with Gasteiger partial charge in [-0.2, -0.15) is 0 Å². The topological polar surface area (TPSA) is 76.1 Å². The number of aliphatic hydroxyl groups is 1. The van der Waals surface area contributed by atoms with Crippen LogP contribution in [-0.2, 0) is 14.3 Å². The van der Waals surface area contributed by atoms with Gasteiger partial charge < -0.3 is 19.5 Å². The zero-order valence-corrected chi connectivity index (χ0v) is 17.1. The molecular formula is C23H24FNO5. The van der Waals surface area contributed by atoms with Gasteiger partial charge in [0.15, 0.2) is 0 Å². The van der Waals surface area contributed by atoms with Crippen LogP contribution in [-0.4, -0.2) is 48.1 Å². The van der Waals surface area contributed by atoms with E-state index in [0.29, 0.717) is 11.3 Å². The normalized spacial score (nSPS) is 18.3. The molecule has 1 aliphatic heterocycles. The maximum atomic E-state index is 13.3. The summed E-state index contributed by atoms with van der Waals surface area (Å²) < 4.78 is 24.1. The monoisotopic (exact) mass is 413 g/mol. The Labute approximate surface area is 174 Å². The molecule has 1 unspecified atom stereocenters. The summed E-state index contributed by atoms with van der Waals surface area (Å²) in [5.74, 6) is -1.79. The zero-order chi connectivity index (χ0) is 21.8. The van der Waals surface area contributed by atoms with Crippen LogP contribution in [0.4, 0.5) is 4.39 Å². The summed E-state index contributed by atoms with van der Waals surface area (Å²) in [5, 5.41) is 10.9. The number of nitrogens with zero attached hydrogens (tertiary/aromatic N) is 1. The molecule has 1 amide bonds. The lowest BCUT2D eigenvalue weighted by Crippen LogP contribution is -2.33. The lowest BCUT2D eigenvalue weighted by atomic mass is 9.95. The van der Waals surface area contributed by atoms with Crippen LogP contribution in [0.1, 0.15) is 31.0 Å². The summed E-state index contributed by atoms with van der Waals surface area (Å²) in [6.07, 6.45) is -0.0312. The third kappa shape index (κ3) is 4.36. The highest BCUT2D eigenvalue weighted by atomic mass is 19.1. The fourth-order valence-corrected chi connectivity index (χ4v) is 3.42. The minimum Gasteiger partial charge on any atom is -0.507 e. The van der Waals surface area contributed by atoms with Crippen LogP contribution >= 0.6 is 0 Å². The van der Waals surface area contributed by atoms with E-state index in [2.05, 4.69) is 0 Å². The minimum atomic E-state index is -0.819. The number of halogens is 1. The van der Waals surface area contributed by atoms with E-state index >= 15 is 0 Å². The van der Waals surface area contributed by atoms with Crippen LogP contribution < -0.4 is 4.74 Å². The summed E-state index contributed by atoms with van der Waals surface area (Å²) in [6, 6.07) is 11.2. The first kappa shape index (κ1) is 21.5. The molecule has 0 spiro atoms. The largest absolute Gasteiger partial charge is 0.507 e. The number of benzene rings is 2. The van der Waals surface area contributed by atoms with E-state index in [0.717, 1.165) is 0 Å². The van der Waals surface area contributed by atoms with Crippen molar-refractivity contribution < 1.29 is 28.6 Å². The third-order valence-corrected chi connectivity index (χ3v) is 4.85.